The lowest BCUT2D eigenvalue weighted by Crippen LogP contribution is -2.52. The molecule has 1 aliphatic rings. The number of amides is 1. The van der Waals surface area contributed by atoms with E-state index < -0.39 is 12.1 Å². The van der Waals surface area contributed by atoms with Gasteiger partial charge in [-0.1, -0.05) is 6.07 Å². The van der Waals surface area contributed by atoms with E-state index in [1.165, 1.54) is 0 Å². The van der Waals surface area contributed by atoms with Crippen LogP contribution in [0.5, 0.6) is 0 Å². The first kappa shape index (κ1) is 18.6. The predicted molar refractivity (Wildman–Crippen MR) is 105 cm³/mol. The molecular formula is C18H19IN4O3. The number of ether oxygens (including phenoxy) is 1. The van der Waals surface area contributed by atoms with Crippen LogP contribution in [0, 0.1) is 3.57 Å². The highest BCUT2D eigenvalue weighted by atomic mass is 127. The highest BCUT2D eigenvalue weighted by molar-refractivity contribution is 14.1. The van der Waals surface area contributed by atoms with Crippen LogP contribution in [0.25, 0.3) is 0 Å². The topological polar surface area (TPSA) is 75.6 Å². The molecule has 0 radical (unpaired) electrons. The zero-order chi connectivity index (χ0) is 18.5. The number of nitrogens with zero attached hydrogens (tertiary/aromatic N) is 4. The van der Waals surface area contributed by atoms with E-state index in [2.05, 4.69) is 32.6 Å². The van der Waals surface area contributed by atoms with E-state index >= 15 is 0 Å². The lowest BCUT2D eigenvalue weighted by atomic mass is 10.2. The highest BCUT2D eigenvalue weighted by Gasteiger charge is 2.28. The first-order valence-electron chi connectivity index (χ1n) is 8.32. The Morgan fingerprint density at radius 3 is 2.46 bits per heavy atom. The number of piperazine rings is 1. The average Bonchev–Trinajstić information content (AvgIpc) is 2.68. The van der Waals surface area contributed by atoms with Gasteiger partial charge in [0.1, 0.15) is 0 Å². The number of benzene rings is 1. The van der Waals surface area contributed by atoms with Crippen LogP contribution >= 0.6 is 22.6 Å². The molecule has 26 heavy (non-hydrogen) atoms. The minimum absolute atomic E-state index is 0.183. The van der Waals surface area contributed by atoms with Crippen LogP contribution < -0.4 is 4.90 Å². The number of anilines is 1. The summed E-state index contributed by atoms with van der Waals surface area (Å²) in [5, 5.41) is 0. The Hall–Kier alpha value is -2.23. The third-order valence-corrected chi connectivity index (χ3v) is 4.79. The molecule has 1 fully saturated rings. The maximum Gasteiger partial charge on any atom is 0.338 e. The van der Waals surface area contributed by atoms with E-state index in [-0.39, 0.29) is 5.91 Å². The summed E-state index contributed by atoms with van der Waals surface area (Å²) in [4.78, 5) is 37.0. The van der Waals surface area contributed by atoms with E-state index in [0.717, 1.165) is 3.57 Å². The SMILES string of the molecule is CC(OC(=O)c1cccc(I)c1)C(=O)N1CCN(c2ncccn2)CC1. The summed E-state index contributed by atoms with van der Waals surface area (Å²) in [6.45, 7) is 3.99. The van der Waals surface area contributed by atoms with Crippen molar-refractivity contribution in [2.75, 3.05) is 31.1 Å². The fourth-order valence-corrected chi connectivity index (χ4v) is 3.28. The largest absolute Gasteiger partial charge is 0.449 e. The molecule has 1 unspecified atom stereocenters. The molecule has 136 valence electrons. The zero-order valence-electron chi connectivity index (χ0n) is 14.3. The molecule has 1 amide bonds. The maximum atomic E-state index is 12.6. The van der Waals surface area contributed by atoms with Crippen molar-refractivity contribution in [1.29, 1.82) is 0 Å². The normalized spacial score (nSPS) is 15.5. The van der Waals surface area contributed by atoms with Crippen molar-refractivity contribution in [1.82, 2.24) is 14.9 Å². The maximum absolute atomic E-state index is 12.6. The molecule has 1 aliphatic heterocycles. The van der Waals surface area contributed by atoms with Crippen LogP contribution in [0.15, 0.2) is 42.7 Å². The molecule has 3 rings (SSSR count). The lowest BCUT2D eigenvalue weighted by Gasteiger charge is -2.35. The van der Waals surface area contributed by atoms with Gasteiger partial charge in [-0.25, -0.2) is 14.8 Å². The Bertz CT molecular complexity index is 779. The molecule has 7 nitrogen and oxygen atoms in total. The number of halogens is 1. The van der Waals surface area contributed by atoms with Gasteiger partial charge >= 0.3 is 5.97 Å². The minimum atomic E-state index is -0.820. The van der Waals surface area contributed by atoms with E-state index in [1.807, 2.05) is 11.0 Å². The number of rotatable bonds is 4. The lowest BCUT2D eigenvalue weighted by molar-refractivity contribution is -0.140. The van der Waals surface area contributed by atoms with Crippen LogP contribution in [-0.4, -0.2) is 59.0 Å². The van der Waals surface area contributed by atoms with Gasteiger partial charge in [0.25, 0.3) is 5.91 Å². The molecule has 0 aliphatic carbocycles. The molecule has 1 aromatic heterocycles. The van der Waals surface area contributed by atoms with Gasteiger partial charge in [0.2, 0.25) is 5.95 Å². The van der Waals surface area contributed by atoms with Crippen molar-refractivity contribution < 1.29 is 14.3 Å². The fourth-order valence-electron chi connectivity index (χ4n) is 2.73. The second-order valence-electron chi connectivity index (χ2n) is 5.92. The average molecular weight is 466 g/mol. The number of esters is 1. The standard InChI is InChI=1S/C18H19IN4O3/c1-13(26-17(25)14-4-2-5-15(19)12-14)16(24)22-8-10-23(11-9-22)18-20-6-3-7-21-18/h2-7,12-13H,8-11H2,1H3. The fraction of sp³-hybridized carbons (Fsp3) is 0.333. The molecule has 0 saturated carbocycles. The van der Waals surface area contributed by atoms with Crippen molar-refractivity contribution in [3.63, 3.8) is 0 Å². The molecule has 0 N–H and O–H groups in total. The first-order valence-corrected chi connectivity index (χ1v) is 9.40. The third kappa shape index (κ3) is 4.48. The van der Waals surface area contributed by atoms with Crippen LogP contribution in [0.2, 0.25) is 0 Å². The number of hydrogen-bond donors (Lipinski definition) is 0. The smallest absolute Gasteiger partial charge is 0.338 e. The Kier molecular flexibility index (Phi) is 6.02. The number of hydrogen-bond acceptors (Lipinski definition) is 6. The van der Waals surface area contributed by atoms with Crippen molar-refractivity contribution in [2.45, 2.75) is 13.0 Å². The molecule has 2 aromatic rings. The van der Waals surface area contributed by atoms with E-state index in [0.29, 0.717) is 37.7 Å². The predicted octanol–water partition coefficient (Wildman–Crippen LogP) is 1.98. The van der Waals surface area contributed by atoms with Gasteiger partial charge in [0.05, 0.1) is 5.56 Å². The zero-order valence-corrected chi connectivity index (χ0v) is 16.5. The second kappa shape index (κ2) is 8.43. The summed E-state index contributed by atoms with van der Waals surface area (Å²) in [7, 11) is 0. The van der Waals surface area contributed by atoms with Gasteiger partial charge in [0, 0.05) is 42.1 Å². The Labute approximate surface area is 165 Å². The molecule has 0 bridgehead atoms. The number of carbonyl (C=O) groups excluding carboxylic acids is 2. The third-order valence-electron chi connectivity index (χ3n) is 4.12. The van der Waals surface area contributed by atoms with Gasteiger partial charge in [0.15, 0.2) is 6.10 Å². The Balaban J connectivity index is 1.54. The summed E-state index contributed by atoms with van der Waals surface area (Å²) in [5.41, 5.74) is 0.447. The van der Waals surface area contributed by atoms with Crippen molar-refractivity contribution in [2.24, 2.45) is 0 Å². The van der Waals surface area contributed by atoms with Gasteiger partial charge in [-0.3, -0.25) is 4.79 Å². The molecule has 1 saturated heterocycles. The molecule has 1 atom stereocenters. The van der Waals surface area contributed by atoms with Crippen molar-refractivity contribution in [3.8, 4) is 0 Å². The summed E-state index contributed by atoms with van der Waals surface area (Å²) in [5.74, 6) is -0.00366. The van der Waals surface area contributed by atoms with Crippen LogP contribution in [-0.2, 0) is 9.53 Å². The van der Waals surface area contributed by atoms with Gasteiger partial charge in [-0.05, 0) is 53.8 Å². The Morgan fingerprint density at radius 1 is 1.12 bits per heavy atom. The van der Waals surface area contributed by atoms with Crippen molar-refractivity contribution >= 4 is 40.4 Å². The quantitative estimate of drug-likeness (QED) is 0.507. The number of aromatic nitrogens is 2. The summed E-state index contributed by atoms with van der Waals surface area (Å²) in [6.07, 6.45) is 2.58. The number of carbonyl (C=O) groups is 2. The van der Waals surface area contributed by atoms with Gasteiger partial charge < -0.3 is 14.5 Å². The summed E-state index contributed by atoms with van der Waals surface area (Å²) < 4.78 is 6.29. The summed E-state index contributed by atoms with van der Waals surface area (Å²) >= 11 is 2.13. The van der Waals surface area contributed by atoms with E-state index in [4.69, 9.17) is 4.74 Å². The van der Waals surface area contributed by atoms with Gasteiger partial charge in [-0.15, -0.1) is 0 Å². The van der Waals surface area contributed by atoms with Crippen molar-refractivity contribution in [3.05, 3.63) is 51.9 Å². The highest BCUT2D eigenvalue weighted by Crippen LogP contribution is 2.13. The van der Waals surface area contributed by atoms with Gasteiger partial charge in [-0.2, -0.15) is 0 Å². The minimum Gasteiger partial charge on any atom is -0.449 e. The van der Waals surface area contributed by atoms with E-state index in [1.54, 1.807) is 48.5 Å². The molecule has 1 aromatic carbocycles. The molecule has 8 heteroatoms. The van der Waals surface area contributed by atoms with Crippen LogP contribution in [0.3, 0.4) is 0 Å². The molecular weight excluding hydrogens is 447 g/mol. The second-order valence-corrected chi connectivity index (χ2v) is 7.16. The molecule has 0 spiro atoms. The van der Waals surface area contributed by atoms with Crippen LogP contribution in [0.1, 0.15) is 17.3 Å². The first-order chi connectivity index (χ1) is 12.5. The molecule has 2 heterocycles. The monoisotopic (exact) mass is 466 g/mol. The Morgan fingerprint density at radius 2 is 1.81 bits per heavy atom. The summed E-state index contributed by atoms with van der Waals surface area (Å²) in [6, 6.07) is 8.86. The van der Waals surface area contributed by atoms with E-state index in [9.17, 15) is 9.59 Å². The van der Waals surface area contributed by atoms with Crippen LogP contribution in [0.4, 0.5) is 5.95 Å².